The van der Waals surface area contributed by atoms with Crippen LogP contribution in [0.1, 0.15) is 57.8 Å². The number of hydrogen-bond acceptors (Lipinski definition) is 4. The van der Waals surface area contributed by atoms with E-state index in [-0.39, 0.29) is 0 Å². The summed E-state index contributed by atoms with van der Waals surface area (Å²) in [6, 6.07) is 0.750. The van der Waals surface area contributed by atoms with Crippen LogP contribution in [-0.2, 0) is 9.59 Å². The summed E-state index contributed by atoms with van der Waals surface area (Å²) >= 11 is 0. The average Bonchev–Trinajstić information content (AvgIpc) is 2.53. The quantitative estimate of drug-likeness (QED) is 0.557. The summed E-state index contributed by atoms with van der Waals surface area (Å²) in [4.78, 5) is 29.1. The number of nitrogens with zero attached hydrogens (tertiary/aromatic N) is 2. The van der Waals surface area contributed by atoms with Crippen molar-refractivity contribution in [3.05, 3.63) is 0 Å². The predicted octanol–water partition coefficient (Wildman–Crippen LogP) is 3.03. The molecule has 0 heterocycles. The molecule has 0 aromatic carbocycles. The van der Waals surface area contributed by atoms with Gasteiger partial charge in [0, 0.05) is 0 Å². The van der Waals surface area contributed by atoms with Crippen molar-refractivity contribution < 1.29 is 9.59 Å². The fourth-order valence-electron chi connectivity index (χ4n) is 3.84. The third kappa shape index (κ3) is 5.52. The highest BCUT2D eigenvalue weighted by Gasteiger charge is 2.26. The number of aliphatic imine (C=N–C) groups is 2. The highest BCUT2D eigenvalue weighted by Crippen LogP contribution is 2.36. The van der Waals surface area contributed by atoms with Crippen molar-refractivity contribution in [2.75, 3.05) is 0 Å². The average molecular weight is 290 g/mol. The normalized spacial score (nSPS) is 34.3. The molecule has 116 valence electrons. The number of aldehydes is 2. The molecule has 21 heavy (non-hydrogen) atoms. The second-order valence-corrected chi connectivity index (χ2v) is 6.45. The molecule has 4 nitrogen and oxygen atoms in total. The number of carbonyl (C=O) groups is 2. The monoisotopic (exact) mass is 290 g/mol. The van der Waals surface area contributed by atoms with Gasteiger partial charge >= 0.3 is 0 Å². The van der Waals surface area contributed by atoms with Crippen LogP contribution in [0.5, 0.6) is 0 Å². The van der Waals surface area contributed by atoms with E-state index >= 15 is 0 Å². The van der Waals surface area contributed by atoms with Crippen LogP contribution in [0.2, 0.25) is 0 Å². The van der Waals surface area contributed by atoms with Crippen LogP contribution in [0.3, 0.4) is 0 Å². The first-order valence-corrected chi connectivity index (χ1v) is 8.25. The molecule has 0 aromatic rings. The minimum atomic E-state index is 0.375. The molecule has 0 amide bonds. The van der Waals surface area contributed by atoms with Crippen molar-refractivity contribution in [1.82, 2.24) is 0 Å². The van der Waals surface area contributed by atoms with Crippen LogP contribution in [0.25, 0.3) is 0 Å². The smallest absolute Gasteiger partial charge is 0.160 e. The fraction of sp³-hybridized carbons (Fsp3) is 0.765. The second-order valence-electron chi connectivity index (χ2n) is 6.45. The number of hydrogen-bond donors (Lipinski definition) is 0. The van der Waals surface area contributed by atoms with Gasteiger partial charge in [-0.3, -0.25) is 19.6 Å². The van der Waals surface area contributed by atoms with E-state index in [0.29, 0.717) is 12.1 Å². The lowest BCUT2D eigenvalue weighted by molar-refractivity contribution is -0.103. The van der Waals surface area contributed by atoms with Gasteiger partial charge in [-0.2, -0.15) is 0 Å². The summed E-state index contributed by atoms with van der Waals surface area (Å²) in [7, 11) is 0. The maximum Gasteiger partial charge on any atom is 0.160 e. The summed E-state index contributed by atoms with van der Waals surface area (Å²) in [6.45, 7) is 0. The minimum absolute atomic E-state index is 0.375. The van der Waals surface area contributed by atoms with Crippen LogP contribution >= 0.6 is 0 Å². The molecule has 2 rings (SSSR count). The topological polar surface area (TPSA) is 58.9 Å². The Bertz CT molecular complexity index is 340. The Labute approximate surface area is 127 Å². The molecule has 0 unspecified atom stereocenters. The van der Waals surface area contributed by atoms with Gasteiger partial charge in [-0.25, -0.2) is 0 Å². The van der Waals surface area contributed by atoms with E-state index in [2.05, 4.69) is 9.98 Å². The molecule has 0 bridgehead atoms. The third-order valence-electron chi connectivity index (χ3n) is 5.01. The Morgan fingerprint density at radius 2 is 1.05 bits per heavy atom. The lowest BCUT2D eigenvalue weighted by atomic mass is 9.76. The highest BCUT2D eigenvalue weighted by molar-refractivity contribution is 6.13. The zero-order valence-corrected chi connectivity index (χ0v) is 12.7. The summed E-state index contributed by atoms with van der Waals surface area (Å²) in [5.74, 6) is 1.68. The molecular formula is C17H26N2O2. The van der Waals surface area contributed by atoms with E-state index in [1.54, 1.807) is 0 Å². The van der Waals surface area contributed by atoms with E-state index in [0.717, 1.165) is 50.1 Å². The Morgan fingerprint density at radius 3 is 1.38 bits per heavy atom. The fourth-order valence-corrected chi connectivity index (χ4v) is 3.84. The predicted molar refractivity (Wildman–Crippen MR) is 85.2 cm³/mol. The molecule has 2 aliphatic carbocycles. The van der Waals surface area contributed by atoms with Crippen molar-refractivity contribution >= 4 is 25.0 Å². The molecule has 4 heteroatoms. The van der Waals surface area contributed by atoms with E-state index in [9.17, 15) is 9.59 Å². The summed E-state index contributed by atoms with van der Waals surface area (Å²) < 4.78 is 0. The van der Waals surface area contributed by atoms with Gasteiger partial charge in [0.1, 0.15) is 0 Å². The van der Waals surface area contributed by atoms with E-state index in [1.807, 2.05) is 0 Å². The molecule has 2 aliphatic rings. The molecule has 0 aliphatic heterocycles. The zero-order valence-electron chi connectivity index (χ0n) is 12.7. The molecule has 2 saturated carbocycles. The molecule has 0 radical (unpaired) electrons. The maximum absolute atomic E-state index is 10.3. The largest absolute Gasteiger partial charge is 0.297 e. The van der Waals surface area contributed by atoms with Crippen LogP contribution < -0.4 is 0 Å². The van der Waals surface area contributed by atoms with Crippen molar-refractivity contribution in [3.8, 4) is 0 Å². The molecule has 0 saturated heterocycles. The Balaban J connectivity index is 1.66. The summed E-state index contributed by atoms with van der Waals surface area (Å²) in [5.41, 5.74) is 0. The van der Waals surface area contributed by atoms with Crippen molar-refractivity contribution in [2.24, 2.45) is 21.8 Å². The SMILES string of the molecule is O=CC=NC1CCC(CC2CCC(N=CC=O)CC2)CC1. The van der Waals surface area contributed by atoms with Crippen LogP contribution in [0.4, 0.5) is 0 Å². The molecule has 2 fully saturated rings. The lowest BCUT2D eigenvalue weighted by Gasteiger charge is -2.32. The van der Waals surface area contributed by atoms with Crippen LogP contribution in [-0.4, -0.2) is 37.1 Å². The van der Waals surface area contributed by atoms with E-state index in [1.165, 1.54) is 44.5 Å². The summed E-state index contributed by atoms with van der Waals surface area (Å²) in [5, 5.41) is 0. The van der Waals surface area contributed by atoms with Gasteiger partial charge in [0.15, 0.2) is 12.6 Å². The number of carbonyl (C=O) groups excluding carboxylic acids is 2. The second kappa shape index (κ2) is 8.85. The van der Waals surface area contributed by atoms with Crippen molar-refractivity contribution in [2.45, 2.75) is 69.9 Å². The van der Waals surface area contributed by atoms with Gasteiger partial charge < -0.3 is 0 Å². The number of rotatable bonds is 6. The lowest BCUT2D eigenvalue weighted by Crippen LogP contribution is -2.23. The van der Waals surface area contributed by atoms with Gasteiger partial charge in [0.05, 0.1) is 24.5 Å². The molecular weight excluding hydrogens is 264 g/mol. The first-order valence-electron chi connectivity index (χ1n) is 8.25. The molecule has 0 atom stereocenters. The van der Waals surface area contributed by atoms with Gasteiger partial charge in [0.25, 0.3) is 0 Å². The Morgan fingerprint density at radius 1 is 0.667 bits per heavy atom. The molecule has 0 aromatic heterocycles. The van der Waals surface area contributed by atoms with Crippen LogP contribution in [0.15, 0.2) is 9.98 Å². The molecule has 0 N–H and O–H groups in total. The maximum atomic E-state index is 10.3. The Kier molecular flexibility index (Phi) is 6.77. The highest BCUT2D eigenvalue weighted by atomic mass is 16.1. The molecule has 0 spiro atoms. The van der Waals surface area contributed by atoms with E-state index < -0.39 is 0 Å². The summed E-state index contributed by atoms with van der Waals surface area (Å²) in [6.07, 6.45) is 15.3. The van der Waals surface area contributed by atoms with Crippen LogP contribution in [0, 0.1) is 11.8 Å². The minimum Gasteiger partial charge on any atom is -0.297 e. The van der Waals surface area contributed by atoms with Gasteiger partial charge in [0.2, 0.25) is 0 Å². The standard InChI is InChI=1S/C17H26N2O2/c20-11-9-18-16-5-1-14(2-6-16)13-15-3-7-17(8-4-15)19-10-12-21/h9-12,14-17H,1-8,13H2. The van der Waals surface area contributed by atoms with Crippen molar-refractivity contribution in [1.29, 1.82) is 0 Å². The first kappa shape index (κ1) is 16.1. The van der Waals surface area contributed by atoms with Gasteiger partial charge in [-0.1, -0.05) is 0 Å². The Hall–Kier alpha value is -1.32. The van der Waals surface area contributed by atoms with Gasteiger partial charge in [-0.15, -0.1) is 0 Å². The van der Waals surface area contributed by atoms with Crippen molar-refractivity contribution in [3.63, 3.8) is 0 Å². The van der Waals surface area contributed by atoms with Gasteiger partial charge in [-0.05, 0) is 69.6 Å². The third-order valence-corrected chi connectivity index (χ3v) is 5.01. The van der Waals surface area contributed by atoms with E-state index in [4.69, 9.17) is 0 Å². The first-order chi connectivity index (χ1) is 10.3. The zero-order chi connectivity index (χ0) is 14.9.